The lowest BCUT2D eigenvalue weighted by atomic mass is 9.84. The SMILES string of the molecule is CC1=CC(c2c(O)cc(-c3cnn(C)c3)cc2O)CCC1. The fourth-order valence-electron chi connectivity index (χ4n) is 3.08. The van der Waals surface area contributed by atoms with E-state index in [0.29, 0.717) is 5.56 Å². The van der Waals surface area contributed by atoms with Crippen LogP contribution in [-0.2, 0) is 7.05 Å². The molecule has 21 heavy (non-hydrogen) atoms. The molecule has 1 atom stereocenters. The number of hydrogen-bond acceptors (Lipinski definition) is 3. The zero-order valence-corrected chi connectivity index (χ0v) is 12.4. The summed E-state index contributed by atoms with van der Waals surface area (Å²) >= 11 is 0. The molecule has 1 aliphatic carbocycles. The quantitative estimate of drug-likeness (QED) is 0.826. The predicted molar refractivity (Wildman–Crippen MR) is 82.3 cm³/mol. The van der Waals surface area contributed by atoms with Gasteiger partial charge in [-0.05, 0) is 43.9 Å². The summed E-state index contributed by atoms with van der Waals surface area (Å²) in [4.78, 5) is 0. The third kappa shape index (κ3) is 2.66. The Bertz CT molecular complexity index is 678. The first kappa shape index (κ1) is 13.7. The van der Waals surface area contributed by atoms with Gasteiger partial charge < -0.3 is 10.2 Å². The number of aromatic hydroxyl groups is 2. The van der Waals surface area contributed by atoms with Gasteiger partial charge in [0.25, 0.3) is 0 Å². The van der Waals surface area contributed by atoms with Crippen molar-refractivity contribution in [1.82, 2.24) is 9.78 Å². The van der Waals surface area contributed by atoms with E-state index < -0.39 is 0 Å². The first-order chi connectivity index (χ1) is 10.0. The molecular formula is C17H20N2O2. The summed E-state index contributed by atoms with van der Waals surface area (Å²) in [5, 5.41) is 24.8. The summed E-state index contributed by atoms with van der Waals surface area (Å²) in [7, 11) is 1.84. The molecule has 0 radical (unpaired) electrons. The highest BCUT2D eigenvalue weighted by atomic mass is 16.3. The highest BCUT2D eigenvalue weighted by Gasteiger charge is 2.21. The van der Waals surface area contributed by atoms with E-state index in [1.165, 1.54) is 5.57 Å². The lowest BCUT2D eigenvalue weighted by Gasteiger charge is -2.22. The standard InChI is InChI=1S/C17H20N2O2/c1-11-4-3-5-12(6-11)17-15(20)7-13(8-16(17)21)14-9-18-19(2)10-14/h6-10,12,20-21H,3-5H2,1-2H3. The van der Waals surface area contributed by atoms with Gasteiger partial charge in [-0.25, -0.2) is 0 Å². The zero-order valence-electron chi connectivity index (χ0n) is 12.4. The fourth-order valence-corrected chi connectivity index (χ4v) is 3.08. The van der Waals surface area contributed by atoms with Crippen molar-refractivity contribution in [2.24, 2.45) is 7.05 Å². The Hall–Kier alpha value is -2.23. The van der Waals surface area contributed by atoms with E-state index in [1.807, 2.05) is 13.2 Å². The van der Waals surface area contributed by atoms with Gasteiger partial charge in [-0.15, -0.1) is 0 Å². The van der Waals surface area contributed by atoms with Gasteiger partial charge >= 0.3 is 0 Å². The largest absolute Gasteiger partial charge is 0.507 e. The Kier molecular flexibility index (Phi) is 3.45. The molecule has 0 fully saturated rings. The molecule has 0 aliphatic heterocycles. The number of benzene rings is 1. The van der Waals surface area contributed by atoms with E-state index in [2.05, 4.69) is 18.1 Å². The van der Waals surface area contributed by atoms with Crippen LogP contribution in [0.1, 0.15) is 37.7 Å². The molecule has 2 N–H and O–H groups in total. The minimum atomic E-state index is 0.0988. The third-order valence-electron chi connectivity index (χ3n) is 4.12. The van der Waals surface area contributed by atoms with Crippen molar-refractivity contribution in [2.75, 3.05) is 0 Å². The summed E-state index contributed by atoms with van der Waals surface area (Å²) in [6.07, 6.45) is 8.89. The van der Waals surface area contributed by atoms with Crippen molar-refractivity contribution in [3.8, 4) is 22.6 Å². The molecule has 0 bridgehead atoms. The Morgan fingerprint density at radius 3 is 2.48 bits per heavy atom. The van der Waals surface area contributed by atoms with Gasteiger partial charge in [0.05, 0.1) is 6.20 Å². The molecule has 1 heterocycles. The Labute approximate surface area is 124 Å². The number of aryl methyl sites for hydroxylation is 1. The van der Waals surface area contributed by atoms with Crippen molar-refractivity contribution in [1.29, 1.82) is 0 Å². The van der Waals surface area contributed by atoms with Crippen LogP contribution in [0.3, 0.4) is 0 Å². The molecule has 4 nitrogen and oxygen atoms in total. The number of hydrogen-bond donors (Lipinski definition) is 2. The van der Waals surface area contributed by atoms with Crippen molar-refractivity contribution in [3.63, 3.8) is 0 Å². The van der Waals surface area contributed by atoms with Gasteiger partial charge in [-0.2, -0.15) is 5.10 Å². The average Bonchev–Trinajstić information content (AvgIpc) is 2.85. The minimum Gasteiger partial charge on any atom is -0.507 e. The third-order valence-corrected chi connectivity index (χ3v) is 4.12. The number of allylic oxidation sites excluding steroid dienone is 2. The van der Waals surface area contributed by atoms with Crippen molar-refractivity contribution in [2.45, 2.75) is 32.1 Å². The number of rotatable bonds is 2. The first-order valence-electron chi connectivity index (χ1n) is 7.27. The van der Waals surface area contributed by atoms with Crippen molar-refractivity contribution >= 4 is 0 Å². The molecule has 0 amide bonds. The Morgan fingerprint density at radius 1 is 1.19 bits per heavy atom. The molecule has 0 saturated carbocycles. The van der Waals surface area contributed by atoms with Crippen LogP contribution in [0, 0.1) is 0 Å². The molecule has 1 unspecified atom stereocenters. The Morgan fingerprint density at radius 2 is 1.90 bits per heavy atom. The van der Waals surface area contributed by atoms with E-state index in [0.717, 1.165) is 30.4 Å². The second kappa shape index (κ2) is 5.28. The maximum Gasteiger partial charge on any atom is 0.123 e. The van der Waals surface area contributed by atoms with Crippen molar-refractivity contribution < 1.29 is 10.2 Å². The number of aromatic nitrogens is 2. The summed E-state index contributed by atoms with van der Waals surface area (Å²) in [5.74, 6) is 0.413. The van der Waals surface area contributed by atoms with E-state index in [4.69, 9.17) is 0 Å². The molecular weight excluding hydrogens is 264 g/mol. The van der Waals surface area contributed by atoms with Gasteiger partial charge in [0.15, 0.2) is 0 Å². The number of phenols is 2. The highest BCUT2D eigenvalue weighted by molar-refractivity contribution is 5.68. The number of nitrogens with zero attached hydrogens (tertiary/aromatic N) is 2. The topological polar surface area (TPSA) is 58.3 Å². The monoisotopic (exact) mass is 284 g/mol. The second-order valence-electron chi connectivity index (χ2n) is 5.84. The van der Waals surface area contributed by atoms with E-state index in [1.54, 1.807) is 23.0 Å². The van der Waals surface area contributed by atoms with Crippen LogP contribution in [0.4, 0.5) is 0 Å². The summed E-state index contributed by atoms with van der Waals surface area (Å²) in [6.45, 7) is 2.10. The fraction of sp³-hybridized carbons (Fsp3) is 0.353. The van der Waals surface area contributed by atoms with Gasteiger partial charge in [-0.1, -0.05) is 11.6 Å². The van der Waals surface area contributed by atoms with Crippen molar-refractivity contribution in [3.05, 3.63) is 41.7 Å². The summed E-state index contributed by atoms with van der Waals surface area (Å²) in [5.41, 5.74) is 3.62. The second-order valence-corrected chi connectivity index (χ2v) is 5.84. The molecule has 3 rings (SSSR count). The lowest BCUT2D eigenvalue weighted by molar-refractivity contribution is 0.429. The Balaban J connectivity index is 2.02. The van der Waals surface area contributed by atoms with E-state index >= 15 is 0 Å². The molecule has 110 valence electrons. The van der Waals surface area contributed by atoms with Crippen LogP contribution in [0.25, 0.3) is 11.1 Å². The van der Waals surface area contributed by atoms with Crippen LogP contribution in [0.2, 0.25) is 0 Å². The molecule has 2 aromatic rings. The molecule has 0 saturated heterocycles. The van der Waals surface area contributed by atoms with Crippen LogP contribution >= 0.6 is 0 Å². The summed E-state index contributed by atoms with van der Waals surface area (Å²) < 4.78 is 1.70. The molecule has 1 aromatic heterocycles. The molecule has 1 aromatic carbocycles. The molecule has 0 spiro atoms. The van der Waals surface area contributed by atoms with Gasteiger partial charge in [0.2, 0.25) is 0 Å². The van der Waals surface area contributed by atoms with Crippen LogP contribution in [0.15, 0.2) is 36.2 Å². The average molecular weight is 284 g/mol. The molecule has 1 aliphatic rings. The van der Waals surface area contributed by atoms with Crippen LogP contribution in [-0.4, -0.2) is 20.0 Å². The normalized spacial score (nSPS) is 18.6. The summed E-state index contributed by atoms with van der Waals surface area (Å²) in [6, 6.07) is 3.42. The van der Waals surface area contributed by atoms with Crippen LogP contribution < -0.4 is 0 Å². The van der Waals surface area contributed by atoms with E-state index in [-0.39, 0.29) is 17.4 Å². The highest BCUT2D eigenvalue weighted by Crippen LogP contribution is 2.42. The molecule has 4 heteroatoms. The van der Waals surface area contributed by atoms with Gasteiger partial charge in [0, 0.05) is 30.3 Å². The first-order valence-corrected chi connectivity index (χ1v) is 7.27. The maximum atomic E-state index is 10.4. The smallest absolute Gasteiger partial charge is 0.123 e. The van der Waals surface area contributed by atoms with Crippen LogP contribution in [0.5, 0.6) is 11.5 Å². The van der Waals surface area contributed by atoms with Gasteiger partial charge in [0.1, 0.15) is 11.5 Å². The predicted octanol–water partition coefficient (Wildman–Crippen LogP) is 3.71. The zero-order chi connectivity index (χ0) is 15.0. The number of phenolic OH excluding ortho intramolecular Hbond substituents is 2. The van der Waals surface area contributed by atoms with Gasteiger partial charge in [-0.3, -0.25) is 4.68 Å². The lowest BCUT2D eigenvalue weighted by Crippen LogP contribution is -2.03. The maximum absolute atomic E-state index is 10.4. The van der Waals surface area contributed by atoms with E-state index in [9.17, 15) is 10.2 Å². The minimum absolute atomic E-state index is 0.0988.